The van der Waals surface area contributed by atoms with Crippen molar-refractivity contribution in [1.29, 1.82) is 0 Å². The second kappa shape index (κ2) is 11.8. The summed E-state index contributed by atoms with van der Waals surface area (Å²) >= 11 is 0. The van der Waals surface area contributed by atoms with Gasteiger partial charge in [0, 0.05) is 24.7 Å². The first kappa shape index (κ1) is 26.2. The van der Waals surface area contributed by atoms with E-state index in [4.69, 9.17) is 0 Å². The molecule has 186 valence electrons. The van der Waals surface area contributed by atoms with Gasteiger partial charge in [0.2, 0.25) is 10.0 Å². The first-order valence-electron chi connectivity index (χ1n) is 12.4. The number of sulfonamides is 1. The van der Waals surface area contributed by atoms with Gasteiger partial charge in [-0.3, -0.25) is 9.10 Å². The fourth-order valence-electron chi connectivity index (χ4n) is 4.89. The van der Waals surface area contributed by atoms with Crippen molar-refractivity contribution in [3.63, 3.8) is 0 Å². The van der Waals surface area contributed by atoms with E-state index in [0.717, 1.165) is 29.7 Å². The van der Waals surface area contributed by atoms with Gasteiger partial charge in [-0.05, 0) is 74.9 Å². The quantitative estimate of drug-likeness (QED) is 0.497. The largest absolute Gasteiger partial charge is 0.352 e. The number of piperidine rings is 1. The Morgan fingerprint density at radius 3 is 2.38 bits per heavy atom. The SMILES string of the molecule is CC[C@@H]1CCCCN1CCCNC(=O)c1ccc(CN(c2c(C)cccc2C)S(C)(=O)=O)cc1. The highest BCUT2D eigenvalue weighted by Gasteiger charge is 2.22. The lowest BCUT2D eigenvalue weighted by molar-refractivity contribution is 0.0947. The maximum Gasteiger partial charge on any atom is 0.251 e. The van der Waals surface area contributed by atoms with E-state index in [-0.39, 0.29) is 12.5 Å². The average Bonchev–Trinajstić information content (AvgIpc) is 2.81. The average molecular weight is 486 g/mol. The van der Waals surface area contributed by atoms with Gasteiger partial charge < -0.3 is 10.2 Å². The summed E-state index contributed by atoms with van der Waals surface area (Å²) in [4.78, 5) is 15.2. The number of amides is 1. The lowest BCUT2D eigenvalue weighted by Gasteiger charge is -2.35. The number of carbonyl (C=O) groups excluding carboxylic acids is 1. The molecule has 6 nitrogen and oxygen atoms in total. The topological polar surface area (TPSA) is 69.7 Å². The van der Waals surface area contributed by atoms with Crippen LogP contribution in [0.5, 0.6) is 0 Å². The van der Waals surface area contributed by atoms with Crippen LogP contribution in [0.3, 0.4) is 0 Å². The molecule has 1 amide bonds. The van der Waals surface area contributed by atoms with Crippen molar-refractivity contribution in [1.82, 2.24) is 10.2 Å². The van der Waals surface area contributed by atoms with Gasteiger partial charge in [-0.15, -0.1) is 0 Å². The zero-order valence-electron chi connectivity index (χ0n) is 21.0. The second-order valence-corrected chi connectivity index (χ2v) is 11.3. The van der Waals surface area contributed by atoms with Gasteiger partial charge in [0.15, 0.2) is 0 Å². The number of para-hydroxylation sites is 1. The van der Waals surface area contributed by atoms with Crippen molar-refractivity contribution in [2.75, 3.05) is 30.2 Å². The van der Waals surface area contributed by atoms with Crippen LogP contribution >= 0.6 is 0 Å². The predicted octanol–water partition coefficient (Wildman–Crippen LogP) is 4.65. The molecule has 1 heterocycles. The third-order valence-corrected chi connectivity index (χ3v) is 7.87. The number of nitrogens with one attached hydrogen (secondary N) is 1. The predicted molar refractivity (Wildman–Crippen MR) is 140 cm³/mol. The molecule has 0 unspecified atom stereocenters. The van der Waals surface area contributed by atoms with Gasteiger partial charge in [-0.25, -0.2) is 8.42 Å². The van der Waals surface area contributed by atoms with E-state index in [2.05, 4.69) is 17.1 Å². The van der Waals surface area contributed by atoms with E-state index in [1.54, 1.807) is 12.1 Å². The molecule has 0 bridgehead atoms. The van der Waals surface area contributed by atoms with Crippen LogP contribution in [-0.2, 0) is 16.6 Å². The van der Waals surface area contributed by atoms with Crippen LogP contribution in [0.1, 0.15) is 66.1 Å². The Labute approximate surface area is 205 Å². The highest BCUT2D eigenvalue weighted by molar-refractivity contribution is 7.92. The van der Waals surface area contributed by atoms with Crippen LogP contribution < -0.4 is 9.62 Å². The molecule has 1 aliphatic heterocycles. The summed E-state index contributed by atoms with van der Waals surface area (Å²) in [5.41, 5.74) is 3.96. The summed E-state index contributed by atoms with van der Waals surface area (Å²) in [6, 6.07) is 13.7. The molecule has 1 fully saturated rings. The molecule has 2 aromatic rings. The van der Waals surface area contributed by atoms with Crippen LogP contribution in [-0.4, -0.2) is 51.2 Å². The zero-order valence-corrected chi connectivity index (χ0v) is 21.8. The number of likely N-dealkylation sites (tertiary alicyclic amines) is 1. The van der Waals surface area contributed by atoms with Crippen molar-refractivity contribution in [3.8, 4) is 0 Å². The molecule has 1 atom stereocenters. The van der Waals surface area contributed by atoms with E-state index in [0.29, 0.717) is 23.8 Å². The lowest BCUT2D eigenvalue weighted by atomic mass is 10.00. The molecular weight excluding hydrogens is 446 g/mol. The number of aryl methyl sites for hydroxylation is 2. The maximum absolute atomic E-state index is 12.6. The summed E-state index contributed by atoms with van der Waals surface area (Å²) < 4.78 is 26.6. The van der Waals surface area contributed by atoms with Crippen molar-refractivity contribution < 1.29 is 13.2 Å². The minimum Gasteiger partial charge on any atom is -0.352 e. The summed E-state index contributed by atoms with van der Waals surface area (Å²) in [5, 5.41) is 3.02. The first-order chi connectivity index (χ1) is 16.2. The second-order valence-electron chi connectivity index (χ2n) is 9.41. The molecule has 0 spiro atoms. The zero-order chi connectivity index (χ0) is 24.7. The number of hydrogen-bond donors (Lipinski definition) is 1. The normalized spacial score (nSPS) is 16.9. The fraction of sp³-hybridized carbons (Fsp3) is 0.519. The van der Waals surface area contributed by atoms with Crippen LogP contribution in [0.25, 0.3) is 0 Å². The highest BCUT2D eigenvalue weighted by Crippen LogP contribution is 2.28. The smallest absolute Gasteiger partial charge is 0.251 e. The molecule has 1 saturated heterocycles. The van der Waals surface area contributed by atoms with E-state index in [9.17, 15) is 13.2 Å². The van der Waals surface area contributed by atoms with Gasteiger partial charge in [0.25, 0.3) is 5.91 Å². The number of anilines is 1. The molecule has 0 aliphatic carbocycles. The minimum absolute atomic E-state index is 0.0908. The summed E-state index contributed by atoms with van der Waals surface area (Å²) in [7, 11) is -3.47. The molecule has 0 aromatic heterocycles. The van der Waals surface area contributed by atoms with Gasteiger partial charge in [0.1, 0.15) is 0 Å². The molecule has 3 rings (SSSR count). The standard InChI is InChI=1S/C27H39N3O3S/c1-5-25-12-6-7-18-29(25)19-9-17-28-27(31)24-15-13-23(14-16-24)20-30(34(4,32)33)26-21(2)10-8-11-22(26)3/h8,10-11,13-16,25H,5-7,9,12,17-20H2,1-4H3,(H,28,31)/t25-/m1/s1. The number of hydrogen-bond acceptors (Lipinski definition) is 4. The van der Waals surface area contributed by atoms with Gasteiger partial charge in [-0.2, -0.15) is 0 Å². The van der Waals surface area contributed by atoms with Crippen molar-refractivity contribution in [2.45, 2.75) is 65.5 Å². The Balaban J connectivity index is 1.57. The Bertz CT molecular complexity index is 1050. The Hall–Kier alpha value is -2.38. The fourth-order valence-corrected chi connectivity index (χ4v) is 5.89. The van der Waals surface area contributed by atoms with E-state index >= 15 is 0 Å². The molecular formula is C27H39N3O3S. The maximum atomic E-state index is 12.6. The summed E-state index contributed by atoms with van der Waals surface area (Å²) in [6.45, 7) is 9.16. The monoisotopic (exact) mass is 485 g/mol. The van der Waals surface area contributed by atoms with Gasteiger partial charge in [-0.1, -0.05) is 43.7 Å². The molecule has 34 heavy (non-hydrogen) atoms. The minimum atomic E-state index is -3.47. The highest BCUT2D eigenvalue weighted by atomic mass is 32.2. The third kappa shape index (κ3) is 6.83. The molecule has 0 saturated carbocycles. The van der Waals surface area contributed by atoms with Crippen molar-refractivity contribution in [3.05, 3.63) is 64.7 Å². The molecule has 7 heteroatoms. The molecule has 2 aromatic carbocycles. The molecule has 1 N–H and O–H groups in total. The molecule has 0 radical (unpaired) electrons. The van der Waals surface area contributed by atoms with E-state index in [1.807, 2.05) is 44.2 Å². The lowest BCUT2D eigenvalue weighted by Crippen LogP contribution is -2.40. The Morgan fingerprint density at radius 1 is 1.09 bits per heavy atom. The molecule has 1 aliphatic rings. The number of benzene rings is 2. The third-order valence-electron chi connectivity index (χ3n) is 6.76. The van der Waals surface area contributed by atoms with Crippen molar-refractivity contribution in [2.24, 2.45) is 0 Å². The Kier molecular flexibility index (Phi) is 9.14. The van der Waals surface area contributed by atoms with Crippen LogP contribution in [0.2, 0.25) is 0 Å². The van der Waals surface area contributed by atoms with Gasteiger partial charge >= 0.3 is 0 Å². The van der Waals surface area contributed by atoms with Crippen LogP contribution in [0.15, 0.2) is 42.5 Å². The first-order valence-corrected chi connectivity index (χ1v) is 14.2. The van der Waals surface area contributed by atoms with Gasteiger partial charge in [0.05, 0.1) is 18.5 Å². The number of carbonyl (C=O) groups is 1. The summed E-state index contributed by atoms with van der Waals surface area (Å²) in [5.74, 6) is -0.0908. The van der Waals surface area contributed by atoms with Crippen LogP contribution in [0.4, 0.5) is 5.69 Å². The summed E-state index contributed by atoms with van der Waals surface area (Å²) in [6.07, 6.45) is 7.25. The number of rotatable bonds is 10. The Morgan fingerprint density at radius 2 is 1.76 bits per heavy atom. The number of nitrogens with zero attached hydrogens (tertiary/aromatic N) is 2. The van der Waals surface area contributed by atoms with Crippen LogP contribution in [0, 0.1) is 13.8 Å². The van der Waals surface area contributed by atoms with E-state index < -0.39 is 10.0 Å². The van der Waals surface area contributed by atoms with Crippen molar-refractivity contribution >= 4 is 21.6 Å². The van der Waals surface area contributed by atoms with E-state index in [1.165, 1.54) is 42.8 Å².